The molecule has 160 valence electrons. The minimum absolute atomic E-state index is 0.0225. The van der Waals surface area contributed by atoms with Crippen LogP contribution >= 0.6 is 0 Å². The smallest absolute Gasteiger partial charge is 0.339 e. The molecule has 0 saturated heterocycles. The van der Waals surface area contributed by atoms with E-state index >= 15 is 0 Å². The quantitative estimate of drug-likeness (QED) is 0.482. The molecular weight excluding hydrogens is 378 g/mol. The maximum atomic E-state index is 13.4. The van der Waals surface area contributed by atoms with Gasteiger partial charge in [0.1, 0.15) is 11.4 Å². The molecule has 0 bridgehead atoms. The van der Waals surface area contributed by atoms with Crippen molar-refractivity contribution in [1.29, 1.82) is 0 Å². The van der Waals surface area contributed by atoms with Crippen molar-refractivity contribution in [2.24, 2.45) is 0 Å². The number of pyridine rings is 1. The fraction of sp³-hybridized carbons (Fsp3) is 0.480. The van der Waals surface area contributed by atoms with E-state index in [0.717, 1.165) is 19.3 Å². The van der Waals surface area contributed by atoms with Gasteiger partial charge in [-0.25, -0.2) is 4.79 Å². The Hall–Kier alpha value is -2.69. The number of hydrogen-bond acceptors (Lipinski definition) is 5. The van der Waals surface area contributed by atoms with Crippen molar-refractivity contribution < 1.29 is 19.1 Å². The minimum Gasteiger partial charge on any atom is -0.493 e. The van der Waals surface area contributed by atoms with Gasteiger partial charge in [0, 0.05) is 6.20 Å². The van der Waals surface area contributed by atoms with E-state index in [0.29, 0.717) is 23.5 Å². The fourth-order valence-electron chi connectivity index (χ4n) is 4.01. The van der Waals surface area contributed by atoms with Crippen LogP contribution in [0.3, 0.4) is 0 Å². The van der Waals surface area contributed by atoms with Crippen LogP contribution in [0.5, 0.6) is 5.75 Å². The summed E-state index contributed by atoms with van der Waals surface area (Å²) in [4.78, 5) is 29.3. The lowest BCUT2D eigenvalue weighted by Crippen LogP contribution is -2.34. The Morgan fingerprint density at radius 1 is 1.03 bits per heavy atom. The number of carbonyl (C=O) groups excluding carboxylic acids is 2. The summed E-state index contributed by atoms with van der Waals surface area (Å²) >= 11 is 0. The van der Waals surface area contributed by atoms with Gasteiger partial charge in [0.15, 0.2) is 0 Å². The second-order valence-electron chi connectivity index (χ2n) is 9.26. The van der Waals surface area contributed by atoms with Crippen molar-refractivity contribution >= 4 is 11.8 Å². The number of nitrogens with zero attached hydrogens (tertiary/aromatic N) is 1. The van der Waals surface area contributed by atoms with Crippen molar-refractivity contribution in [3.8, 4) is 5.75 Å². The third-order valence-electron chi connectivity index (χ3n) is 6.08. The molecule has 0 fully saturated rings. The van der Waals surface area contributed by atoms with Gasteiger partial charge in [-0.15, -0.1) is 0 Å². The van der Waals surface area contributed by atoms with E-state index in [1.165, 1.54) is 24.4 Å². The molecule has 1 heterocycles. The van der Waals surface area contributed by atoms with Crippen molar-refractivity contribution in [3.63, 3.8) is 0 Å². The molecule has 1 aromatic heterocycles. The maximum absolute atomic E-state index is 13.4. The highest BCUT2D eigenvalue weighted by molar-refractivity contribution is 6.10. The van der Waals surface area contributed by atoms with Crippen LogP contribution in [0.4, 0.5) is 0 Å². The monoisotopic (exact) mass is 409 g/mol. The Bertz CT molecular complexity index is 958. The molecule has 0 atom stereocenters. The first-order chi connectivity index (χ1) is 14.1. The van der Waals surface area contributed by atoms with E-state index in [1.54, 1.807) is 12.1 Å². The number of ether oxygens (including phenoxy) is 2. The van der Waals surface area contributed by atoms with Crippen LogP contribution in [-0.4, -0.2) is 30.5 Å². The number of hydrogen-bond donors (Lipinski definition) is 0. The molecule has 2 aromatic rings. The van der Waals surface area contributed by atoms with E-state index in [4.69, 9.17) is 9.47 Å². The first-order valence-corrected chi connectivity index (χ1v) is 10.5. The maximum Gasteiger partial charge on any atom is 0.339 e. The Labute approximate surface area is 178 Å². The molecule has 5 nitrogen and oxygen atoms in total. The third-order valence-corrected chi connectivity index (χ3v) is 6.08. The van der Waals surface area contributed by atoms with Crippen LogP contribution < -0.4 is 4.74 Å². The fourth-order valence-corrected chi connectivity index (χ4v) is 4.01. The zero-order valence-corrected chi connectivity index (χ0v) is 18.8. The number of fused-ring (bicyclic) bond motifs is 1. The molecule has 0 saturated carbocycles. The molecule has 1 aromatic carbocycles. The molecular formula is C25H31NO4. The second kappa shape index (κ2) is 8.21. The van der Waals surface area contributed by atoms with Crippen LogP contribution in [0.2, 0.25) is 0 Å². The molecule has 0 spiro atoms. The zero-order chi connectivity index (χ0) is 22.1. The minimum atomic E-state index is -0.480. The first-order valence-electron chi connectivity index (χ1n) is 10.5. The summed E-state index contributed by atoms with van der Waals surface area (Å²) in [6.45, 7) is 11.5. The number of esters is 1. The van der Waals surface area contributed by atoms with E-state index < -0.39 is 5.97 Å². The van der Waals surface area contributed by atoms with Crippen molar-refractivity contribution in [2.45, 2.75) is 64.7 Å². The Morgan fingerprint density at radius 2 is 1.67 bits per heavy atom. The predicted molar refractivity (Wildman–Crippen MR) is 117 cm³/mol. The predicted octanol–water partition coefficient (Wildman–Crippen LogP) is 5.24. The average molecular weight is 410 g/mol. The van der Waals surface area contributed by atoms with Crippen LogP contribution in [-0.2, 0) is 15.6 Å². The van der Waals surface area contributed by atoms with Crippen LogP contribution in [0.15, 0.2) is 30.5 Å². The van der Waals surface area contributed by atoms with Gasteiger partial charge in [-0.05, 0) is 65.5 Å². The summed E-state index contributed by atoms with van der Waals surface area (Å²) in [5.74, 6) is -0.0871. The van der Waals surface area contributed by atoms with Gasteiger partial charge >= 0.3 is 5.97 Å². The Morgan fingerprint density at radius 3 is 2.20 bits per heavy atom. The Kier molecular flexibility index (Phi) is 6.02. The van der Waals surface area contributed by atoms with Gasteiger partial charge in [0.05, 0.1) is 24.8 Å². The van der Waals surface area contributed by atoms with Gasteiger partial charge in [-0.1, -0.05) is 34.6 Å². The lowest BCUT2D eigenvalue weighted by Gasteiger charge is -2.42. The van der Waals surface area contributed by atoms with Crippen molar-refractivity contribution in [3.05, 3.63) is 58.4 Å². The number of rotatable bonds is 6. The van der Waals surface area contributed by atoms with Gasteiger partial charge < -0.3 is 9.47 Å². The molecule has 0 N–H and O–H groups in total. The molecule has 0 amide bonds. The number of carbonyl (C=O) groups is 2. The average Bonchev–Trinajstić information content (AvgIpc) is 2.74. The Balaban J connectivity index is 2.10. The topological polar surface area (TPSA) is 65.5 Å². The van der Waals surface area contributed by atoms with Gasteiger partial charge in [0.2, 0.25) is 5.78 Å². The van der Waals surface area contributed by atoms with Gasteiger partial charge in [-0.3, -0.25) is 9.78 Å². The van der Waals surface area contributed by atoms with Gasteiger partial charge in [-0.2, -0.15) is 0 Å². The highest BCUT2D eigenvalue weighted by Crippen LogP contribution is 2.47. The van der Waals surface area contributed by atoms with Crippen LogP contribution in [0.1, 0.15) is 91.4 Å². The summed E-state index contributed by atoms with van der Waals surface area (Å²) in [6.07, 6.45) is 4.37. The standard InChI is InChI=1S/C25H31NO4/c1-7-12-30-21-14-19-18(24(2,3)10-11-25(19,4)5)13-17(21)22(27)20-9-8-16(15-26-20)23(28)29-6/h8-9,13-15H,7,10-12H2,1-6H3. The zero-order valence-electron chi connectivity index (χ0n) is 18.8. The van der Waals surface area contributed by atoms with E-state index in [1.807, 2.05) is 13.0 Å². The van der Waals surface area contributed by atoms with Crippen LogP contribution in [0.25, 0.3) is 0 Å². The lowest BCUT2D eigenvalue weighted by atomic mass is 9.62. The van der Waals surface area contributed by atoms with E-state index in [9.17, 15) is 9.59 Å². The van der Waals surface area contributed by atoms with E-state index in [2.05, 4.69) is 38.7 Å². The summed E-state index contributed by atoms with van der Waals surface area (Å²) in [5, 5.41) is 0. The number of methoxy groups -OCH3 is 1. The number of benzene rings is 1. The molecule has 1 aliphatic carbocycles. The highest BCUT2D eigenvalue weighted by atomic mass is 16.5. The lowest BCUT2D eigenvalue weighted by molar-refractivity contribution is 0.0600. The van der Waals surface area contributed by atoms with E-state index in [-0.39, 0.29) is 22.3 Å². The summed E-state index contributed by atoms with van der Waals surface area (Å²) in [5.41, 5.74) is 3.54. The van der Waals surface area contributed by atoms with Crippen molar-refractivity contribution in [2.75, 3.05) is 13.7 Å². The number of ketones is 1. The van der Waals surface area contributed by atoms with Gasteiger partial charge in [0.25, 0.3) is 0 Å². The second-order valence-corrected chi connectivity index (χ2v) is 9.26. The van der Waals surface area contributed by atoms with Crippen LogP contribution in [0, 0.1) is 0 Å². The molecule has 3 rings (SSSR count). The summed E-state index contributed by atoms with van der Waals surface area (Å²) in [7, 11) is 1.31. The summed E-state index contributed by atoms with van der Waals surface area (Å²) < 4.78 is 10.7. The van der Waals surface area contributed by atoms with Crippen molar-refractivity contribution in [1.82, 2.24) is 4.98 Å². The summed E-state index contributed by atoms with van der Waals surface area (Å²) in [6, 6.07) is 7.18. The largest absolute Gasteiger partial charge is 0.493 e. The first kappa shape index (κ1) is 22.0. The third kappa shape index (κ3) is 4.11. The molecule has 30 heavy (non-hydrogen) atoms. The SMILES string of the molecule is CCCOc1cc2c(cc1C(=O)c1ccc(C(=O)OC)cn1)C(C)(C)CCC2(C)C. The molecule has 1 aliphatic rings. The highest BCUT2D eigenvalue weighted by Gasteiger charge is 2.38. The molecule has 0 radical (unpaired) electrons. The normalized spacial score (nSPS) is 16.5. The molecule has 0 unspecified atom stereocenters. The number of aromatic nitrogens is 1. The molecule has 0 aliphatic heterocycles. The molecule has 5 heteroatoms.